The van der Waals surface area contributed by atoms with Crippen LogP contribution in [0.4, 0.5) is 11.4 Å². The zero-order chi connectivity index (χ0) is 15.2. The molecule has 1 heterocycles. The van der Waals surface area contributed by atoms with Crippen molar-refractivity contribution in [3.8, 4) is 0 Å². The number of hydrogen-bond acceptors (Lipinski definition) is 2. The minimum absolute atomic E-state index is 0.199. The van der Waals surface area contributed by atoms with Crippen LogP contribution < -0.4 is 15.5 Å². The van der Waals surface area contributed by atoms with E-state index in [1.54, 1.807) is 0 Å². The van der Waals surface area contributed by atoms with Crippen molar-refractivity contribution in [2.75, 3.05) is 16.8 Å². The van der Waals surface area contributed by atoms with E-state index in [9.17, 15) is 4.79 Å². The number of anilines is 2. The molecule has 0 aromatic heterocycles. The lowest BCUT2D eigenvalue weighted by atomic mass is 10.2. The van der Waals surface area contributed by atoms with Gasteiger partial charge in [-0.1, -0.05) is 19.4 Å². The van der Waals surface area contributed by atoms with Crippen LogP contribution in [0, 0.1) is 0 Å². The lowest BCUT2D eigenvalue weighted by molar-refractivity contribution is -0.117. The summed E-state index contributed by atoms with van der Waals surface area (Å²) < 4.78 is 0. The van der Waals surface area contributed by atoms with Crippen LogP contribution in [0.25, 0.3) is 0 Å². The molecule has 1 saturated heterocycles. The quantitative estimate of drug-likeness (QED) is 0.819. The Bertz CT molecular complexity index is 518. The van der Waals surface area contributed by atoms with Gasteiger partial charge < -0.3 is 15.5 Å². The summed E-state index contributed by atoms with van der Waals surface area (Å²) >= 11 is 5.32. The second-order valence-electron chi connectivity index (χ2n) is 5.49. The lowest BCUT2D eigenvalue weighted by Gasteiger charge is -2.19. The molecular weight excluding hydrogens is 282 g/mol. The molecule has 0 radical (unpaired) electrons. The van der Waals surface area contributed by atoms with E-state index in [1.165, 1.54) is 0 Å². The van der Waals surface area contributed by atoms with Gasteiger partial charge in [0.2, 0.25) is 5.91 Å². The van der Waals surface area contributed by atoms with E-state index in [0.29, 0.717) is 17.6 Å². The second-order valence-corrected chi connectivity index (χ2v) is 5.90. The molecule has 21 heavy (non-hydrogen) atoms. The summed E-state index contributed by atoms with van der Waals surface area (Å²) in [5.41, 5.74) is 1.85. The third kappa shape index (κ3) is 4.43. The van der Waals surface area contributed by atoms with Gasteiger partial charge in [-0.2, -0.15) is 0 Å². The Morgan fingerprint density at radius 3 is 2.95 bits per heavy atom. The normalized spacial score (nSPS) is 15.9. The minimum Gasteiger partial charge on any atom is -0.360 e. The van der Waals surface area contributed by atoms with Gasteiger partial charge >= 0.3 is 0 Å². The minimum atomic E-state index is 0.199. The number of rotatable bonds is 5. The van der Waals surface area contributed by atoms with Gasteiger partial charge in [0.05, 0.1) is 0 Å². The molecule has 114 valence electrons. The molecular formula is C16H23N3OS. The van der Waals surface area contributed by atoms with Crippen molar-refractivity contribution in [3.63, 3.8) is 0 Å². The zero-order valence-corrected chi connectivity index (χ0v) is 13.5. The topological polar surface area (TPSA) is 44.4 Å². The maximum atomic E-state index is 11.8. The van der Waals surface area contributed by atoms with Gasteiger partial charge in [-0.3, -0.25) is 4.79 Å². The molecule has 2 rings (SSSR count). The van der Waals surface area contributed by atoms with Crippen LogP contribution in [0.15, 0.2) is 24.3 Å². The molecule has 5 heteroatoms. The molecule has 0 bridgehead atoms. The molecule has 1 amide bonds. The summed E-state index contributed by atoms with van der Waals surface area (Å²) in [6.07, 6.45) is 3.80. The summed E-state index contributed by atoms with van der Waals surface area (Å²) in [4.78, 5) is 13.6. The number of hydrogen-bond donors (Lipinski definition) is 2. The fourth-order valence-electron chi connectivity index (χ4n) is 2.57. The number of thiocarbonyl (C=S) groups is 1. The molecule has 0 aliphatic carbocycles. The Kier molecular flexibility index (Phi) is 5.56. The van der Waals surface area contributed by atoms with E-state index in [4.69, 9.17) is 12.2 Å². The molecule has 1 aliphatic rings. The summed E-state index contributed by atoms with van der Waals surface area (Å²) in [6, 6.07) is 8.20. The highest BCUT2D eigenvalue weighted by atomic mass is 32.1. The van der Waals surface area contributed by atoms with Crippen molar-refractivity contribution >= 4 is 34.6 Å². The molecule has 0 spiro atoms. The summed E-state index contributed by atoms with van der Waals surface area (Å²) in [5.74, 6) is 0.199. The first kappa shape index (κ1) is 15.8. The number of carbonyl (C=O) groups excluding carboxylic acids is 1. The van der Waals surface area contributed by atoms with Gasteiger partial charge in [-0.05, 0) is 50.2 Å². The van der Waals surface area contributed by atoms with Crippen LogP contribution in [-0.2, 0) is 4.79 Å². The third-order valence-electron chi connectivity index (χ3n) is 3.59. The van der Waals surface area contributed by atoms with Crippen molar-refractivity contribution in [1.29, 1.82) is 0 Å². The number of amides is 1. The standard InChI is InChI=1S/C16H23N3OS/c1-3-6-12(2)17-16(21)18-13-7-4-8-14(11-13)19-10-5-9-15(19)20/h4,7-8,11-12H,3,5-6,9-10H2,1-2H3,(H2,17,18,21)/t12-/m0/s1. The maximum Gasteiger partial charge on any atom is 0.227 e. The Hall–Kier alpha value is -1.62. The zero-order valence-electron chi connectivity index (χ0n) is 12.7. The van der Waals surface area contributed by atoms with Crippen molar-refractivity contribution in [2.24, 2.45) is 0 Å². The smallest absolute Gasteiger partial charge is 0.227 e. The highest BCUT2D eigenvalue weighted by molar-refractivity contribution is 7.80. The van der Waals surface area contributed by atoms with E-state index >= 15 is 0 Å². The van der Waals surface area contributed by atoms with Crippen LogP contribution in [0.5, 0.6) is 0 Å². The van der Waals surface area contributed by atoms with Crippen molar-refractivity contribution in [3.05, 3.63) is 24.3 Å². The molecule has 0 saturated carbocycles. The second kappa shape index (κ2) is 7.41. The maximum absolute atomic E-state index is 11.8. The van der Waals surface area contributed by atoms with Gasteiger partial charge in [-0.15, -0.1) is 0 Å². The largest absolute Gasteiger partial charge is 0.360 e. The van der Waals surface area contributed by atoms with Gasteiger partial charge in [0, 0.05) is 30.4 Å². The Morgan fingerprint density at radius 2 is 2.29 bits per heavy atom. The summed E-state index contributed by atoms with van der Waals surface area (Å²) in [7, 11) is 0. The average Bonchev–Trinajstić information content (AvgIpc) is 2.85. The monoisotopic (exact) mass is 305 g/mol. The lowest BCUT2D eigenvalue weighted by Crippen LogP contribution is -2.35. The summed E-state index contributed by atoms with van der Waals surface area (Å²) in [6.45, 7) is 5.08. The highest BCUT2D eigenvalue weighted by Crippen LogP contribution is 2.24. The molecule has 2 N–H and O–H groups in total. The molecule has 1 fully saturated rings. The fourth-order valence-corrected chi connectivity index (χ4v) is 2.89. The first-order valence-corrected chi connectivity index (χ1v) is 7.99. The van der Waals surface area contributed by atoms with Crippen LogP contribution in [0.1, 0.15) is 39.5 Å². The molecule has 1 aromatic rings. The van der Waals surface area contributed by atoms with Crippen LogP contribution in [0.3, 0.4) is 0 Å². The number of benzene rings is 1. The fraction of sp³-hybridized carbons (Fsp3) is 0.500. The highest BCUT2D eigenvalue weighted by Gasteiger charge is 2.21. The van der Waals surface area contributed by atoms with Gasteiger partial charge in [0.15, 0.2) is 5.11 Å². The van der Waals surface area contributed by atoms with Crippen LogP contribution >= 0.6 is 12.2 Å². The first-order valence-electron chi connectivity index (χ1n) is 7.58. The summed E-state index contributed by atoms with van der Waals surface area (Å²) in [5, 5.41) is 7.08. The molecule has 1 atom stereocenters. The predicted octanol–water partition coefficient (Wildman–Crippen LogP) is 3.29. The van der Waals surface area contributed by atoms with Crippen molar-refractivity contribution < 1.29 is 4.79 Å². The number of nitrogens with one attached hydrogen (secondary N) is 2. The van der Waals surface area contributed by atoms with E-state index in [0.717, 1.165) is 37.2 Å². The Morgan fingerprint density at radius 1 is 1.48 bits per heavy atom. The predicted molar refractivity (Wildman–Crippen MR) is 91.8 cm³/mol. The van der Waals surface area contributed by atoms with E-state index in [1.807, 2.05) is 29.2 Å². The molecule has 1 aliphatic heterocycles. The van der Waals surface area contributed by atoms with E-state index < -0.39 is 0 Å². The molecule has 4 nitrogen and oxygen atoms in total. The molecule has 1 aromatic carbocycles. The van der Waals surface area contributed by atoms with Crippen LogP contribution in [0.2, 0.25) is 0 Å². The van der Waals surface area contributed by atoms with Gasteiger partial charge in [0.1, 0.15) is 0 Å². The van der Waals surface area contributed by atoms with Crippen molar-refractivity contribution in [2.45, 2.75) is 45.6 Å². The average molecular weight is 305 g/mol. The number of nitrogens with zero attached hydrogens (tertiary/aromatic N) is 1. The van der Waals surface area contributed by atoms with Gasteiger partial charge in [-0.25, -0.2) is 0 Å². The third-order valence-corrected chi connectivity index (χ3v) is 3.81. The van der Waals surface area contributed by atoms with E-state index in [-0.39, 0.29) is 5.91 Å². The van der Waals surface area contributed by atoms with Crippen molar-refractivity contribution in [1.82, 2.24) is 5.32 Å². The molecule has 0 unspecified atom stereocenters. The Balaban J connectivity index is 1.97. The first-order chi connectivity index (χ1) is 10.1. The SMILES string of the molecule is CCC[C@H](C)NC(=S)Nc1cccc(N2CCCC2=O)c1. The van der Waals surface area contributed by atoms with Gasteiger partial charge in [0.25, 0.3) is 0 Å². The Labute approximate surface area is 131 Å². The number of carbonyl (C=O) groups is 1. The van der Waals surface area contributed by atoms with Crippen LogP contribution in [-0.4, -0.2) is 23.6 Å². The van der Waals surface area contributed by atoms with E-state index in [2.05, 4.69) is 24.5 Å².